The molecule has 6 nitrogen and oxygen atoms in total. The molecular weight excluding hydrogens is 411 g/mol. The van der Waals surface area contributed by atoms with Crippen LogP contribution in [0.5, 0.6) is 0 Å². The zero-order valence-electron chi connectivity index (χ0n) is 16.0. The Morgan fingerprint density at radius 1 is 1.03 bits per heavy atom. The third-order valence-electron chi connectivity index (χ3n) is 4.46. The Kier molecular flexibility index (Phi) is 6.56. The Morgan fingerprint density at radius 3 is 2.38 bits per heavy atom. The first-order valence-electron chi connectivity index (χ1n) is 9.15. The van der Waals surface area contributed by atoms with Crippen molar-refractivity contribution in [1.29, 1.82) is 0 Å². The number of nitrogens with one attached hydrogen (secondary N) is 1. The molecule has 1 aromatic heterocycles. The molecule has 2 aromatic carbocycles. The van der Waals surface area contributed by atoms with Crippen molar-refractivity contribution >= 4 is 40.8 Å². The van der Waals surface area contributed by atoms with E-state index in [1.54, 1.807) is 17.0 Å². The molecule has 0 atom stereocenters. The summed E-state index contributed by atoms with van der Waals surface area (Å²) in [5.74, 6) is -0.428. The SMILES string of the molecule is CCN(CC)C(=O)c1cnn(-c2ccccc2)c1NC(=O)c1cc(Cl)ccc1Cl. The lowest BCUT2D eigenvalue weighted by Crippen LogP contribution is -2.31. The van der Waals surface area contributed by atoms with Crippen molar-refractivity contribution in [2.45, 2.75) is 13.8 Å². The first kappa shape index (κ1) is 20.9. The van der Waals surface area contributed by atoms with E-state index >= 15 is 0 Å². The fourth-order valence-electron chi connectivity index (χ4n) is 2.92. The van der Waals surface area contributed by atoms with E-state index in [1.807, 2.05) is 44.2 Å². The van der Waals surface area contributed by atoms with Gasteiger partial charge in [-0.1, -0.05) is 41.4 Å². The first-order chi connectivity index (χ1) is 14.0. The smallest absolute Gasteiger partial charge is 0.259 e. The van der Waals surface area contributed by atoms with Gasteiger partial charge in [0.1, 0.15) is 11.4 Å². The van der Waals surface area contributed by atoms with Crippen LogP contribution in [-0.2, 0) is 0 Å². The van der Waals surface area contributed by atoms with E-state index in [0.717, 1.165) is 0 Å². The lowest BCUT2D eigenvalue weighted by Gasteiger charge is -2.19. The molecule has 0 saturated carbocycles. The van der Waals surface area contributed by atoms with Gasteiger partial charge in [-0.05, 0) is 44.2 Å². The predicted molar refractivity (Wildman–Crippen MR) is 115 cm³/mol. The van der Waals surface area contributed by atoms with Crippen LogP contribution < -0.4 is 5.32 Å². The van der Waals surface area contributed by atoms with Crippen molar-refractivity contribution in [2.75, 3.05) is 18.4 Å². The molecule has 0 aliphatic rings. The molecule has 0 bridgehead atoms. The number of hydrogen-bond acceptors (Lipinski definition) is 3. The van der Waals surface area contributed by atoms with Crippen molar-refractivity contribution < 1.29 is 9.59 Å². The zero-order chi connectivity index (χ0) is 21.0. The zero-order valence-corrected chi connectivity index (χ0v) is 17.5. The molecule has 150 valence electrons. The molecule has 0 fully saturated rings. The second-order valence-corrected chi connectivity index (χ2v) is 7.05. The predicted octanol–water partition coefficient (Wildman–Crippen LogP) is 4.91. The molecular formula is C21H20Cl2N4O2. The second kappa shape index (κ2) is 9.11. The average molecular weight is 431 g/mol. The molecule has 8 heteroatoms. The molecule has 3 rings (SSSR count). The van der Waals surface area contributed by atoms with Crippen molar-refractivity contribution in [2.24, 2.45) is 0 Å². The minimum atomic E-state index is -0.483. The van der Waals surface area contributed by atoms with E-state index in [4.69, 9.17) is 23.2 Å². The third kappa shape index (κ3) is 4.44. The summed E-state index contributed by atoms with van der Waals surface area (Å²) in [6, 6.07) is 13.9. The summed E-state index contributed by atoms with van der Waals surface area (Å²) in [6.45, 7) is 4.87. The number of halogens is 2. The van der Waals surface area contributed by atoms with Crippen molar-refractivity contribution in [1.82, 2.24) is 14.7 Å². The number of benzene rings is 2. The van der Waals surface area contributed by atoms with Crippen LogP contribution in [-0.4, -0.2) is 39.6 Å². The summed E-state index contributed by atoms with van der Waals surface area (Å²) in [7, 11) is 0. The maximum absolute atomic E-state index is 13.0. The number of para-hydroxylation sites is 1. The summed E-state index contributed by atoms with van der Waals surface area (Å²) < 4.78 is 1.52. The number of carbonyl (C=O) groups excluding carboxylic acids is 2. The maximum Gasteiger partial charge on any atom is 0.259 e. The molecule has 29 heavy (non-hydrogen) atoms. The van der Waals surface area contributed by atoms with E-state index in [-0.39, 0.29) is 22.3 Å². The molecule has 0 spiro atoms. The van der Waals surface area contributed by atoms with Gasteiger partial charge in [0.25, 0.3) is 11.8 Å². The molecule has 0 aliphatic carbocycles. The van der Waals surface area contributed by atoms with E-state index < -0.39 is 5.91 Å². The Bertz CT molecular complexity index is 1030. The number of hydrogen-bond donors (Lipinski definition) is 1. The van der Waals surface area contributed by atoms with Gasteiger partial charge in [0.15, 0.2) is 0 Å². The Hall–Kier alpha value is -2.83. The fourth-order valence-corrected chi connectivity index (χ4v) is 3.29. The maximum atomic E-state index is 13.0. The van der Waals surface area contributed by atoms with Crippen LogP contribution >= 0.6 is 23.2 Å². The molecule has 0 unspecified atom stereocenters. The molecule has 0 saturated heterocycles. The fraction of sp³-hybridized carbons (Fsp3) is 0.190. The van der Waals surface area contributed by atoms with Gasteiger partial charge in [0, 0.05) is 18.1 Å². The highest BCUT2D eigenvalue weighted by Gasteiger charge is 2.24. The van der Waals surface area contributed by atoms with Crippen LogP contribution in [0.3, 0.4) is 0 Å². The quantitative estimate of drug-likeness (QED) is 0.603. The van der Waals surface area contributed by atoms with Crippen molar-refractivity contribution in [3.63, 3.8) is 0 Å². The topological polar surface area (TPSA) is 67.2 Å². The minimum Gasteiger partial charge on any atom is -0.339 e. The Balaban J connectivity index is 2.07. The monoisotopic (exact) mass is 430 g/mol. The van der Waals surface area contributed by atoms with Crippen LogP contribution in [0.1, 0.15) is 34.6 Å². The van der Waals surface area contributed by atoms with Crippen molar-refractivity contribution in [3.05, 3.63) is 75.9 Å². The van der Waals surface area contributed by atoms with Gasteiger partial charge in [-0.3, -0.25) is 9.59 Å². The molecule has 3 aromatic rings. The van der Waals surface area contributed by atoms with Crippen LogP contribution in [0.15, 0.2) is 54.7 Å². The molecule has 1 heterocycles. The minimum absolute atomic E-state index is 0.209. The Morgan fingerprint density at radius 2 is 1.72 bits per heavy atom. The normalized spacial score (nSPS) is 10.6. The van der Waals surface area contributed by atoms with Crippen molar-refractivity contribution in [3.8, 4) is 5.69 Å². The molecule has 1 N–H and O–H groups in total. The van der Waals surface area contributed by atoms with Crippen LogP contribution in [0.4, 0.5) is 5.82 Å². The lowest BCUT2D eigenvalue weighted by atomic mass is 10.2. The molecule has 2 amide bonds. The third-order valence-corrected chi connectivity index (χ3v) is 5.02. The number of carbonyl (C=O) groups is 2. The summed E-state index contributed by atoms with van der Waals surface area (Å²) >= 11 is 12.2. The van der Waals surface area contributed by atoms with E-state index in [1.165, 1.54) is 16.9 Å². The second-order valence-electron chi connectivity index (χ2n) is 6.21. The van der Waals surface area contributed by atoms with Gasteiger partial charge >= 0.3 is 0 Å². The van der Waals surface area contributed by atoms with Crippen LogP contribution in [0, 0.1) is 0 Å². The number of anilines is 1. The largest absolute Gasteiger partial charge is 0.339 e. The number of nitrogens with zero attached hydrogens (tertiary/aromatic N) is 3. The Labute approximate surface area is 179 Å². The van der Waals surface area contributed by atoms with Gasteiger partial charge in [-0.2, -0.15) is 5.10 Å². The first-order valence-corrected chi connectivity index (χ1v) is 9.91. The van der Waals surface area contributed by atoms with Crippen LogP contribution in [0.25, 0.3) is 5.69 Å². The highest BCUT2D eigenvalue weighted by atomic mass is 35.5. The molecule has 0 radical (unpaired) electrons. The highest BCUT2D eigenvalue weighted by molar-refractivity contribution is 6.36. The summed E-state index contributed by atoms with van der Waals surface area (Å²) in [6.07, 6.45) is 1.46. The van der Waals surface area contributed by atoms with Gasteiger partial charge in [-0.25, -0.2) is 4.68 Å². The molecule has 0 aliphatic heterocycles. The van der Waals surface area contributed by atoms with Gasteiger partial charge in [0.2, 0.25) is 0 Å². The number of rotatable bonds is 6. The van der Waals surface area contributed by atoms with Gasteiger partial charge in [0.05, 0.1) is 22.5 Å². The lowest BCUT2D eigenvalue weighted by molar-refractivity contribution is 0.0774. The summed E-state index contributed by atoms with van der Waals surface area (Å²) in [5, 5.41) is 7.78. The number of aromatic nitrogens is 2. The summed E-state index contributed by atoms with van der Waals surface area (Å²) in [5.41, 5.74) is 1.21. The van der Waals surface area contributed by atoms with E-state index in [2.05, 4.69) is 10.4 Å². The standard InChI is InChI=1S/C21H20Cl2N4O2/c1-3-26(4-2)21(29)17-13-24-27(15-8-6-5-7-9-15)19(17)25-20(28)16-12-14(22)10-11-18(16)23/h5-13H,3-4H2,1-2H3,(H,25,28). The average Bonchev–Trinajstić information content (AvgIpc) is 3.14. The highest BCUT2D eigenvalue weighted by Crippen LogP contribution is 2.25. The van der Waals surface area contributed by atoms with Crippen LogP contribution in [0.2, 0.25) is 10.0 Å². The summed E-state index contributed by atoms with van der Waals surface area (Å²) in [4.78, 5) is 27.6. The van der Waals surface area contributed by atoms with Gasteiger partial charge in [-0.15, -0.1) is 0 Å². The van der Waals surface area contributed by atoms with E-state index in [0.29, 0.717) is 29.4 Å². The van der Waals surface area contributed by atoms with Gasteiger partial charge < -0.3 is 10.2 Å². The number of amides is 2. The van der Waals surface area contributed by atoms with E-state index in [9.17, 15) is 9.59 Å².